The zero-order chi connectivity index (χ0) is 19.7. The molecule has 27 heavy (non-hydrogen) atoms. The third-order valence-electron chi connectivity index (χ3n) is 5.10. The normalized spacial score (nSPS) is 16.4. The molecular weight excluding hydrogens is 350 g/mol. The molecule has 8 heteroatoms. The molecule has 2 heterocycles. The number of amides is 1. The van der Waals surface area contributed by atoms with Crippen molar-refractivity contribution in [3.05, 3.63) is 56.4 Å². The lowest BCUT2D eigenvalue weighted by molar-refractivity contribution is 0.0778. The maximum atomic E-state index is 12.9. The maximum absolute atomic E-state index is 12.9. The molecule has 0 unspecified atom stereocenters. The van der Waals surface area contributed by atoms with E-state index in [-0.39, 0.29) is 17.5 Å². The van der Waals surface area contributed by atoms with E-state index in [9.17, 15) is 14.4 Å². The molecule has 0 bridgehead atoms. The van der Waals surface area contributed by atoms with Gasteiger partial charge in [0.1, 0.15) is 17.2 Å². The third-order valence-corrected chi connectivity index (χ3v) is 5.10. The molecule has 0 spiro atoms. The van der Waals surface area contributed by atoms with E-state index in [0.29, 0.717) is 13.1 Å². The minimum Gasteiger partial charge on any atom is -0.497 e. The average molecular weight is 373 g/mol. The lowest BCUT2D eigenvalue weighted by atomic mass is 9.97. The molecule has 2 aromatic rings. The number of aromatic nitrogens is 2. The summed E-state index contributed by atoms with van der Waals surface area (Å²) >= 11 is 0. The van der Waals surface area contributed by atoms with Crippen LogP contribution in [-0.4, -0.2) is 47.3 Å². The number of likely N-dealkylation sites (tertiary alicyclic amines) is 1. The molecule has 8 nitrogen and oxygen atoms in total. The summed E-state index contributed by atoms with van der Waals surface area (Å²) in [5, 5.41) is 0. The van der Waals surface area contributed by atoms with Crippen molar-refractivity contribution in [3.63, 3.8) is 0 Å². The van der Waals surface area contributed by atoms with E-state index in [0.717, 1.165) is 28.1 Å². The maximum Gasteiger partial charge on any atom is 0.331 e. The molecule has 1 amide bonds. The summed E-state index contributed by atoms with van der Waals surface area (Å²) in [6, 6.07) is 6.81. The first-order valence-corrected chi connectivity index (χ1v) is 8.65. The fraction of sp³-hybridized carbons (Fsp3) is 0.421. The summed E-state index contributed by atoms with van der Waals surface area (Å²) < 4.78 is 12.9. The molecule has 1 saturated heterocycles. The van der Waals surface area contributed by atoms with Crippen LogP contribution in [0.25, 0.3) is 0 Å². The highest BCUT2D eigenvalue weighted by Gasteiger charge is 2.31. The Morgan fingerprint density at radius 2 is 1.81 bits per heavy atom. The minimum absolute atomic E-state index is 0.0857. The second-order valence-electron chi connectivity index (χ2n) is 6.61. The highest BCUT2D eigenvalue weighted by atomic mass is 16.5. The molecule has 1 aromatic carbocycles. The van der Waals surface area contributed by atoms with E-state index in [1.165, 1.54) is 24.7 Å². The van der Waals surface area contributed by atoms with E-state index in [2.05, 4.69) is 0 Å². The number of ether oxygens (including phenoxy) is 2. The van der Waals surface area contributed by atoms with Crippen molar-refractivity contribution in [2.45, 2.75) is 12.3 Å². The van der Waals surface area contributed by atoms with Crippen molar-refractivity contribution in [1.29, 1.82) is 0 Å². The molecule has 3 rings (SSSR count). The van der Waals surface area contributed by atoms with Crippen molar-refractivity contribution in [3.8, 4) is 11.5 Å². The summed E-state index contributed by atoms with van der Waals surface area (Å²) in [4.78, 5) is 38.6. The molecule has 1 aliphatic heterocycles. The zero-order valence-electron chi connectivity index (χ0n) is 15.9. The quantitative estimate of drug-likeness (QED) is 0.789. The Hall–Kier alpha value is -3.03. The first-order chi connectivity index (χ1) is 12.9. The van der Waals surface area contributed by atoms with Gasteiger partial charge in [0.05, 0.1) is 14.2 Å². The van der Waals surface area contributed by atoms with E-state index < -0.39 is 11.2 Å². The Labute approximate surface area is 156 Å². The molecule has 1 aliphatic rings. The van der Waals surface area contributed by atoms with Gasteiger partial charge >= 0.3 is 5.69 Å². The van der Waals surface area contributed by atoms with Crippen molar-refractivity contribution in [2.75, 3.05) is 27.3 Å². The fourth-order valence-electron chi connectivity index (χ4n) is 3.46. The van der Waals surface area contributed by atoms with E-state index >= 15 is 0 Å². The molecule has 0 saturated carbocycles. The third kappa shape index (κ3) is 3.34. The molecule has 0 aliphatic carbocycles. The van der Waals surface area contributed by atoms with Gasteiger partial charge in [-0.25, -0.2) is 4.79 Å². The largest absolute Gasteiger partial charge is 0.497 e. The first-order valence-electron chi connectivity index (χ1n) is 8.65. The number of hydrogen-bond acceptors (Lipinski definition) is 5. The number of nitrogens with zero attached hydrogens (tertiary/aromatic N) is 3. The van der Waals surface area contributed by atoms with Crippen molar-refractivity contribution in [2.24, 2.45) is 14.1 Å². The van der Waals surface area contributed by atoms with E-state index in [1.54, 1.807) is 19.1 Å². The number of carbonyl (C=O) groups excluding carboxylic acids is 1. The van der Waals surface area contributed by atoms with E-state index in [4.69, 9.17) is 9.47 Å². The second kappa shape index (κ2) is 7.30. The highest BCUT2D eigenvalue weighted by Crippen LogP contribution is 2.36. The summed E-state index contributed by atoms with van der Waals surface area (Å²) in [5.41, 5.74) is 0.0640. The Bertz CT molecular complexity index is 992. The van der Waals surface area contributed by atoms with Gasteiger partial charge in [-0.2, -0.15) is 0 Å². The summed E-state index contributed by atoms with van der Waals surface area (Å²) in [6.45, 7) is 1.01. The van der Waals surface area contributed by atoms with Crippen LogP contribution < -0.4 is 20.7 Å². The van der Waals surface area contributed by atoms with Gasteiger partial charge in [-0.05, 0) is 24.6 Å². The van der Waals surface area contributed by atoms with E-state index in [1.807, 2.05) is 18.2 Å². The van der Waals surface area contributed by atoms with Crippen LogP contribution in [-0.2, 0) is 14.1 Å². The van der Waals surface area contributed by atoms with Crippen LogP contribution in [0.4, 0.5) is 0 Å². The molecule has 1 aromatic heterocycles. The Morgan fingerprint density at radius 3 is 2.48 bits per heavy atom. The highest BCUT2D eigenvalue weighted by molar-refractivity contribution is 5.92. The fourth-order valence-corrected chi connectivity index (χ4v) is 3.46. The van der Waals surface area contributed by atoms with Gasteiger partial charge in [0, 0.05) is 44.7 Å². The van der Waals surface area contributed by atoms with Crippen LogP contribution in [0.1, 0.15) is 28.4 Å². The number of carbonyl (C=O) groups is 1. The predicted molar refractivity (Wildman–Crippen MR) is 99.7 cm³/mol. The smallest absolute Gasteiger partial charge is 0.331 e. The number of methoxy groups -OCH3 is 2. The molecule has 1 fully saturated rings. The van der Waals surface area contributed by atoms with Crippen LogP contribution in [0.5, 0.6) is 11.5 Å². The Kier molecular flexibility index (Phi) is 5.07. The number of benzene rings is 1. The van der Waals surface area contributed by atoms with Gasteiger partial charge < -0.3 is 14.4 Å². The van der Waals surface area contributed by atoms with Crippen LogP contribution in [0, 0.1) is 0 Å². The second-order valence-corrected chi connectivity index (χ2v) is 6.61. The van der Waals surface area contributed by atoms with Gasteiger partial charge in [-0.15, -0.1) is 0 Å². The zero-order valence-corrected chi connectivity index (χ0v) is 15.9. The number of rotatable bonds is 4. The van der Waals surface area contributed by atoms with Crippen LogP contribution in [0.3, 0.4) is 0 Å². The van der Waals surface area contributed by atoms with Crippen LogP contribution >= 0.6 is 0 Å². The first kappa shape index (κ1) is 18.8. The predicted octanol–water partition coefficient (Wildman–Crippen LogP) is 0.731. The van der Waals surface area contributed by atoms with Gasteiger partial charge in [-0.1, -0.05) is 0 Å². The summed E-state index contributed by atoms with van der Waals surface area (Å²) in [7, 11) is 6.10. The van der Waals surface area contributed by atoms with Crippen LogP contribution in [0.2, 0.25) is 0 Å². The molecule has 0 N–H and O–H groups in total. The Morgan fingerprint density at radius 1 is 1.07 bits per heavy atom. The Balaban J connectivity index is 1.88. The van der Waals surface area contributed by atoms with Crippen molar-refractivity contribution < 1.29 is 14.3 Å². The average Bonchev–Trinajstić information content (AvgIpc) is 3.18. The lowest BCUT2D eigenvalue weighted by Crippen LogP contribution is -2.41. The summed E-state index contributed by atoms with van der Waals surface area (Å²) in [5.74, 6) is 1.24. The monoisotopic (exact) mass is 373 g/mol. The van der Waals surface area contributed by atoms with Gasteiger partial charge in [0.2, 0.25) is 0 Å². The summed E-state index contributed by atoms with van der Waals surface area (Å²) in [6.07, 6.45) is 0.758. The standard InChI is InChI=1S/C19H23N3O5/c1-20-15(10-17(23)21(2)19(20)25)18(24)22-8-7-12(11-22)14-9-13(26-3)5-6-16(14)27-4/h5-6,9-10,12H,7-8,11H2,1-4H3/t12-/m0/s1. The van der Waals surface area contributed by atoms with Gasteiger partial charge in [0.25, 0.3) is 11.5 Å². The molecule has 144 valence electrons. The SMILES string of the molecule is COc1ccc(OC)c([C@H]2CCN(C(=O)c3cc(=O)n(C)c(=O)n3C)C2)c1. The van der Waals surface area contributed by atoms with Crippen molar-refractivity contribution in [1.82, 2.24) is 14.0 Å². The molecular formula is C19H23N3O5. The molecule has 1 atom stereocenters. The lowest BCUT2D eigenvalue weighted by Gasteiger charge is -2.19. The van der Waals surface area contributed by atoms with Crippen LogP contribution in [0.15, 0.2) is 33.9 Å². The van der Waals surface area contributed by atoms with Gasteiger partial charge in [0.15, 0.2) is 0 Å². The molecule has 0 radical (unpaired) electrons. The minimum atomic E-state index is -0.518. The van der Waals surface area contributed by atoms with Gasteiger partial charge in [-0.3, -0.25) is 18.7 Å². The topological polar surface area (TPSA) is 82.8 Å². The van der Waals surface area contributed by atoms with Crippen molar-refractivity contribution >= 4 is 5.91 Å². The number of hydrogen-bond donors (Lipinski definition) is 0.